The molecule has 5 rings (SSSR count). The minimum atomic E-state index is -1.83. The Labute approximate surface area is 462 Å². The van der Waals surface area contributed by atoms with Crippen LogP contribution in [-0.4, -0.2) is 189 Å². The predicted molar refractivity (Wildman–Crippen MR) is 281 cm³/mol. The van der Waals surface area contributed by atoms with E-state index in [1.165, 1.54) is 12.8 Å². The summed E-state index contributed by atoms with van der Waals surface area (Å²) in [5.74, 6) is -2.37. The first-order chi connectivity index (χ1) is 37.4. The van der Waals surface area contributed by atoms with Gasteiger partial charge in [0, 0.05) is 12.8 Å². The van der Waals surface area contributed by atoms with Crippen LogP contribution in [0.25, 0.3) is 0 Å². The van der Waals surface area contributed by atoms with Crippen molar-refractivity contribution in [2.24, 2.45) is 5.92 Å². The molecule has 0 aromatic carbocycles. The molecule has 454 valence electrons. The van der Waals surface area contributed by atoms with Crippen LogP contribution in [0.1, 0.15) is 203 Å². The van der Waals surface area contributed by atoms with Gasteiger partial charge in [-0.3, -0.25) is 14.4 Å². The molecule has 78 heavy (non-hydrogen) atoms. The molecule has 5 heterocycles. The molecule has 5 aliphatic heterocycles. The predicted octanol–water partition coefficient (Wildman–Crippen LogP) is 5.45. The number of hydrogen-bond donors (Lipinski definition) is 7. The summed E-state index contributed by atoms with van der Waals surface area (Å²) < 4.78 is 67.9. The highest BCUT2D eigenvalue weighted by atomic mass is 16.8. The molecule has 21 heteroatoms. The molecule has 0 saturated carbocycles. The van der Waals surface area contributed by atoms with Gasteiger partial charge in [0.25, 0.3) is 0 Å². The maximum absolute atomic E-state index is 13.7. The Morgan fingerprint density at radius 2 is 1.13 bits per heavy atom. The summed E-state index contributed by atoms with van der Waals surface area (Å²) in [6, 6.07) is 0. The first-order valence-corrected chi connectivity index (χ1v) is 30.0. The molecule has 1 unspecified atom stereocenters. The van der Waals surface area contributed by atoms with E-state index >= 15 is 0 Å². The summed E-state index contributed by atoms with van der Waals surface area (Å²) in [7, 11) is 0. The third-order valence-corrected chi connectivity index (χ3v) is 16.1. The van der Waals surface area contributed by atoms with Crippen molar-refractivity contribution in [1.29, 1.82) is 0 Å². The normalized spacial score (nSPS) is 39.1. The second-order valence-electron chi connectivity index (χ2n) is 22.6. The number of carbonyl (C=O) groups excluding carboxylic acids is 3. The van der Waals surface area contributed by atoms with E-state index in [0.29, 0.717) is 32.1 Å². The molecule has 5 fully saturated rings. The monoisotopic (exact) mass is 1120 g/mol. The number of rotatable bonds is 23. The standard InChI is InChI=1S/C57H100O21/c1-8-11-13-14-15-16-19-22-26-30-39(59)73-50-45(65)55(69-35(6)48(50)76-54-44(64)43(63)47(34(5)68-54)75-53(67)33(4)10-3)77-49-36(7)70-56-46(66)51(49)74-40(60)31-27-23-20-17-18-21-25-29-37(28-24-12-9-2)71-57-52(78-56)42(62)41(61)38(32-58)72-57/h33-38,41-52,54-58,61-66H,8-32H2,1-7H3/t33-,34-,35-,36-,37?,38+,41+,42-,43-,44+,45+,46+,47-,48-,49-,50-,51-,52+,54-,55-,56-,57+/m0/s1. The fraction of sp³-hybridized carbons (Fsp3) is 0.947. The Kier molecular flexibility index (Phi) is 29.4. The fourth-order valence-corrected chi connectivity index (χ4v) is 10.9. The summed E-state index contributed by atoms with van der Waals surface area (Å²) in [5, 5.41) is 79.9. The average Bonchev–Trinajstić information content (AvgIpc) is 3.52. The van der Waals surface area contributed by atoms with Gasteiger partial charge in [0.2, 0.25) is 0 Å². The molecule has 22 atom stereocenters. The number of carbonyl (C=O) groups is 3. The Morgan fingerprint density at radius 3 is 1.78 bits per heavy atom. The van der Waals surface area contributed by atoms with Crippen molar-refractivity contribution < 1.29 is 102 Å². The van der Waals surface area contributed by atoms with Gasteiger partial charge in [-0.1, -0.05) is 137 Å². The van der Waals surface area contributed by atoms with Gasteiger partial charge in [-0.15, -0.1) is 0 Å². The topological polar surface area (TPSA) is 294 Å². The van der Waals surface area contributed by atoms with Crippen LogP contribution in [-0.2, 0) is 66.5 Å². The molecule has 0 spiro atoms. The van der Waals surface area contributed by atoms with Crippen LogP contribution in [0.2, 0.25) is 0 Å². The number of fused-ring (bicyclic) bond motifs is 3. The third kappa shape index (κ3) is 19.5. The number of ether oxygens (including phenoxy) is 11. The summed E-state index contributed by atoms with van der Waals surface area (Å²) in [6.45, 7) is 11.8. The van der Waals surface area contributed by atoms with Crippen molar-refractivity contribution in [3.63, 3.8) is 0 Å². The molecule has 5 saturated heterocycles. The molecule has 2 bridgehead atoms. The first kappa shape index (κ1) is 66.6. The Hall–Kier alpha value is -2.19. The highest BCUT2D eigenvalue weighted by Gasteiger charge is 2.57. The lowest BCUT2D eigenvalue weighted by Gasteiger charge is -2.49. The van der Waals surface area contributed by atoms with E-state index < -0.39 is 153 Å². The zero-order chi connectivity index (χ0) is 56.9. The van der Waals surface area contributed by atoms with E-state index in [1.807, 2.05) is 6.92 Å². The van der Waals surface area contributed by atoms with Crippen molar-refractivity contribution in [2.75, 3.05) is 6.61 Å². The largest absolute Gasteiger partial charge is 0.457 e. The van der Waals surface area contributed by atoms with Gasteiger partial charge in [-0.2, -0.15) is 0 Å². The molecule has 0 aromatic rings. The lowest BCUT2D eigenvalue weighted by atomic mass is 9.95. The van der Waals surface area contributed by atoms with Gasteiger partial charge in [0.15, 0.2) is 43.5 Å². The summed E-state index contributed by atoms with van der Waals surface area (Å²) >= 11 is 0. The van der Waals surface area contributed by atoms with Crippen LogP contribution < -0.4 is 0 Å². The molecule has 0 aromatic heterocycles. The van der Waals surface area contributed by atoms with Gasteiger partial charge in [0.1, 0.15) is 61.0 Å². The van der Waals surface area contributed by atoms with Crippen LogP contribution in [0.5, 0.6) is 0 Å². The average molecular weight is 1120 g/mol. The summed E-state index contributed by atoms with van der Waals surface area (Å²) in [6.07, 6.45) is -10.1. The molecule has 5 aliphatic rings. The van der Waals surface area contributed by atoms with Gasteiger partial charge in [-0.25, -0.2) is 0 Å². The first-order valence-electron chi connectivity index (χ1n) is 30.0. The van der Waals surface area contributed by atoms with E-state index in [4.69, 9.17) is 52.1 Å². The lowest BCUT2D eigenvalue weighted by Crippen LogP contribution is -2.67. The highest BCUT2D eigenvalue weighted by Crippen LogP contribution is 2.37. The summed E-state index contributed by atoms with van der Waals surface area (Å²) in [4.78, 5) is 40.2. The Balaban J connectivity index is 1.39. The zero-order valence-electron chi connectivity index (χ0n) is 47.7. The van der Waals surface area contributed by atoms with Crippen LogP contribution >= 0.6 is 0 Å². The molecule has 0 amide bonds. The van der Waals surface area contributed by atoms with Gasteiger partial charge in [0.05, 0.1) is 36.9 Å². The molecule has 0 radical (unpaired) electrons. The Morgan fingerprint density at radius 1 is 0.551 bits per heavy atom. The molecule has 0 aliphatic carbocycles. The van der Waals surface area contributed by atoms with E-state index in [-0.39, 0.29) is 18.9 Å². The third-order valence-electron chi connectivity index (χ3n) is 16.1. The van der Waals surface area contributed by atoms with E-state index in [2.05, 4.69) is 13.8 Å². The quantitative estimate of drug-likeness (QED) is 0.0380. The fourth-order valence-electron chi connectivity index (χ4n) is 10.9. The maximum Gasteiger partial charge on any atom is 0.309 e. The van der Waals surface area contributed by atoms with Crippen LogP contribution in [0.15, 0.2) is 0 Å². The molecular formula is C57H100O21. The SMILES string of the molecule is CCCCCCCCCCCC(=O)O[C@H]1[C@@H](O)[C@H](O[C@@H]2[C@H]3OC(=O)CCCCCCCCCC(CCCCC)O[C@@H]4O[C@H](CO)[C@@H](O)[C@H](O)[C@H]4O[C@H](O[C@H]2C)[C@@H]3O)O[C@@H](C)[C@@H]1O[C@@H]1O[C@@H](C)[C@H](OC(=O)[C@@H](C)CC)[C@@H](O)[C@H]1O. The number of unbranched alkanes of at least 4 members (excludes halogenated alkanes) is 10. The smallest absolute Gasteiger partial charge is 0.309 e. The van der Waals surface area contributed by atoms with Crippen molar-refractivity contribution in [1.82, 2.24) is 0 Å². The highest BCUT2D eigenvalue weighted by molar-refractivity contribution is 5.72. The number of aliphatic hydroxyl groups excluding tert-OH is 7. The van der Waals surface area contributed by atoms with Crippen LogP contribution in [0, 0.1) is 5.92 Å². The number of esters is 3. The second-order valence-corrected chi connectivity index (χ2v) is 22.6. The lowest BCUT2D eigenvalue weighted by molar-refractivity contribution is -0.388. The van der Waals surface area contributed by atoms with Crippen LogP contribution in [0.4, 0.5) is 0 Å². The molecular weight excluding hydrogens is 1020 g/mol. The molecule has 7 N–H and O–H groups in total. The van der Waals surface area contributed by atoms with E-state index in [1.54, 1.807) is 27.7 Å². The minimum Gasteiger partial charge on any atom is -0.457 e. The molecule has 21 nitrogen and oxygen atoms in total. The van der Waals surface area contributed by atoms with Crippen molar-refractivity contribution in [3.05, 3.63) is 0 Å². The van der Waals surface area contributed by atoms with Crippen molar-refractivity contribution in [2.45, 2.75) is 331 Å². The van der Waals surface area contributed by atoms with Crippen molar-refractivity contribution in [3.8, 4) is 0 Å². The van der Waals surface area contributed by atoms with E-state index in [0.717, 1.165) is 96.3 Å². The van der Waals surface area contributed by atoms with Gasteiger partial charge < -0.3 is 87.9 Å². The minimum absolute atomic E-state index is 0.00894. The van der Waals surface area contributed by atoms with E-state index in [9.17, 15) is 50.1 Å². The number of hydrogen-bond acceptors (Lipinski definition) is 21. The Bertz CT molecular complexity index is 1710. The van der Waals surface area contributed by atoms with Crippen LogP contribution in [0.3, 0.4) is 0 Å². The number of aliphatic hydroxyl groups is 7. The summed E-state index contributed by atoms with van der Waals surface area (Å²) in [5.41, 5.74) is 0. The van der Waals surface area contributed by atoms with Crippen molar-refractivity contribution >= 4 is 17.9 Å². The van der Waals surface area contributed by atoms with Gasteiger partial charge in [-0.05, 0) is 52.9 Å². The maximum atomic E-state index is 13.7. The second kappa shape index (κ2) is 34.4. The zero-order valence-corrected chi connectivity index (χ0v) is 47.7. The van der Waals surface area contributed by atoms with Gasteiger partial charge >= 0.3 is 17.9 Å².